The topological polar surface area (TPSA) is 43.8 Å². The molecule has 0 aliphatic carbocycles. The summed E-state index contributed by atoms with van der Waals surface area (Å²) in [6.45, 7) is 9.36. The van der Waals surface area contributed by atoms with Gasteiger partial charge in [0.15, 0.2) is 0 Å². The molecule has 2 rings (SSSR count). The zero-order chi connectivity index (χ0) is 14.4. The molecule has 104 valence electrons. The van der Waals surface area contributed by atoms with Gasteiger partial charge in [0.25, 0.3) is 0 Å². The lowest BCUT2D eigenvalue weighted by Gasteiger charge is -2.28. The molecule has 0 fully saturated rings. The third-order valence-corrected chi connectivity index (χ3v) is 4.04. The van der Waals surface area contributed by atoms with Crippen LogP contribution in [0, 0.1) is 17.2 Å². The molecule has 1 atom stereocenters. The van der Waals surface area contributed by atoms with Gasteiger partial charge in [0, 0.05) is 12.6 Å². The number of rotatable bonds is 2. The molecule has 0 aliphatic rings. The monoisotopic (exact) mass is 283 g/mol. The molecule has 19 heavy (non-hydrogen) atoms. The van der Waals surface area contributed by atoms with Gasteiger partial charge < -0.3 is 10.3 Å². The van der Waals surface area contributed by atoms with E-state index in [1.54, 1.807) is 0 Å². The summed E-state index contributed by atoms with van der Waals surface area (Å²) in [6.07, 6.45) is 0. The Bertz CT molecular complexity index is 613. The van der Waals surface area contributed by atoms with E-state index in [0.717, 1.165) is 0 Å². The van der Waals surface area contributed by atoms with E-state index in [2.05, 4.69) is 32.7 Å². The van der Waals surface area contributed by atoms with Crippen molar-refractivity contribution in [1.82, 2.24) is 9.55 Å². The third-order valence-electron chi connectivity index (χ3n) is 3.75. The smallest absolute Gasteiger partial charge is 0.201 e. The fourth-order valence-electron chi connectivity index (χ4n) is 1.88. The molecule has 0 bridgehead atoms. The number of fused-ring (bicyclic) bond motifs is 1. The van der Waals surface area contributed by atoms with Crippen molar-refractivity contribution in [2.24, 2.45) is 11.3 Å². The first-order valence-electron chi connectivity index (χ1n) is 6.31. The Labute approximate surface area is 117 Å². The predicted molar refractivity (Wildman–Crippen MR) is 77.7 cm³/mol. The van der Waals surface area contributed by atoms with Gasteiger partial charge >= 0.3 is 0 Å². The molecule has 0 amide bonds. The van der Waals surface area contributed by atoms with Gasteiger partial charge in [-0.3, -0.25) is 0 Å². The largest absolute Gasteiger partial charge is 0.369 e. The minimum Gasteiger partial charge on any atom is -0.369 e. The number of benzene rings is 1. The van der Waals surface area contributed by atoms with Crippen LogP contribution in [0.4, 0.5) is 10.3 Å². The van der Waals surface area contributed by atoms with Crippen molar-refractivity contribution >= 4 is 28.6 Å². The second-order valence-corrected chi connectivity index (χ2v) is 6.51. The van der Waals surface area contributed by atoms with Gasteiger partial charge in [-0.05, 0) is 17.4 Å². The van der Waals surface area contributed by atoms with Crippen LogP contribution in [-0.2, 0) is 6.54 Å². The summed E-state index contributed by atoms with van der Waals surface area (Å²) in [6, 6.07) is 2.91. The molecule has 0 saturated heterocycles. The Balaban J connectivity index is 2.49. The average molecular weight is 284 g/mol. The van der Waals surface area contributed by atoms with Crippen molar-refractivity contribution in [3.8, 4) is 0 Å². The number of hydrogen-bond donors (Lipinski definition) is 1. The van der Waals surface area contributed by atoms with Crippen molar-refractivity contribution in [2.45, 2.75) is 34.2 Å². The van der Waals surface area contributed by atoms with E-state index in [-0.39, 0.29) is 10.4 Å². The molecule has 3 nitrogen and oxygen atoms in total. The van der Waals surface area contributed by atoms with E-state index >= 15 is 0 Å². The number of hydrogen-bond acceptors (Lipinski definition) is 2. The molecule has 5 heteroatoms. The molecule has 1 unspecified atom stereocenters. The highest BCUT2D eigenvalue weighted by molar-refractivity contribution is 6.31. The van der Waals surface area contributed by atoms with E-state index < -0.39 is 5.82 Å². The van der Waals surface area contributed by atoms with Crippen LogP contribution in [0.5, 0.6) is 0 Å². The van der Waals surface area contributed by atoms with Crippen LogP contribution < -0.4 is 5.73 Å². The molecule has 2 N–H and O–H groups in total. The second-order valence-electron chi connectivity index (χ2n) is 6.10. The van der Waals surface area contributed by atoms with Crippen molar-refractivity contribution in [3.05, 3.63) is 23.0 Å². The minimum absolute atomic E-state index is 0.0704. The standard InChI is InChI=1S/C14H19ClFN3/c1-8(14(2,3)4)7-19-12-6-10(16)9(15)5-11(12)18-13(19)17/h5-6,8H,7H2,1-4H3,(H2,17,18). The molecule has 0 spiro atoms. The van der Waals surface area contributed by atoms with Crippen molar-refractivity contribution in [2.75, 3.05) is 5.73 Å². The maximum atomic E-state index is 13.6. The number of nitrogen functional groups attached to an aromatic ring is 1. The van der Waals surface area contributed by atoms with Crippen LogP contribution in [-0.4, -0.2) is 9.55 Å². The van der Waals surface area contributed by atoms with Crippen molar-refractivity contribution in [3.63, 3.8) is 0 Å². The van der Waals surface area contributed by atoms with Crippen LogP contribution >= 0.6 is 11.6 Å². The van der Waals surface area contributed by atoms with Gasteiger partial charge in [-0.15, -0.1) is 0 Å². The first kappa shape index (κ1) is 14.1. The number of nitrogens with two attached hydrogens (primary N) is 1. The van der Waals surface area contributed by atoms with Gasteiger partial charge in [0.05, 0.1) is 16.1 Å². The Kier molecular flexibility index (Phi) is 3.47. The maximum absolute atomic E-state index is 13.6. The number of aromatic nitrogens is 2. The SMILES string of the molecule is CC(Cn1c(N)nc2cc(Cl)c(F)cc21)C(C)(C)C. The highest BCUT2D eigenvalue weighted by Crippen LogP contribution is 2.30. The number of nitrogens with zero attached hydrogens (tertiary/aromatic N) is 2. The van der Waals surface area contributed by atoms with Gasteiger partial charge in [0.2, 0.25) is 5.95 Å². The minimum atomic E-state index is -0.446. The molecular weight excluding hydrogens is 265 g/mol. The molecule has 0 saturated carbocycles. The molecule has 0 aliphatic heterocycles. The first-order chi connectivity index (χ1) is 8.70. The molecule has 1 aromatic carbocycles. The van der Waals surface area contributed by atoms with Crippen LogP contribution in [0.15, 0.2) is 12.1 Å². The Morgan fingerprint density at radius 1 is 1.42 bits per heavy atom. The van der Waals surface area contributed by atoms with Gasteiger partial charge in [0.1, 0.15) is 5.82 Å². The molecule has 2 aromatic rings. The highest BCUT2D eigenvalue weighted by Gasteiger charge is 2.22. The van der Waals surface area contributed by atoms with E-state index in [1.165, 1.54) is 12.1 Å². The Morgan fingerprint density at radius 3 is 2.63 bits per heavy atom. The summed E-state index contributed by atoms with van der Waals surface area (Å²) in [5, 5.41) is 0.0704. The van der Waals surface area contributed by atoms with Gasteiger partial charge in [-0.25, -0.2) is 9.37 Å². The van der Waals surface area contributed by atoms with Crippen LogP contribution in [0.3, 0.4) is 0 Å². The summed E-state index contributed by atoms with van der Waals surface area (Å²) >= 11 is 5.76. The van der Waals surface area contributed by atoms with Crippen LogP contribution in [0.25, 0.3) is 11.0 Å². The summed E-state index contributed by atoms with van der Waals surface area (Å²) in [5.41, 5.74) is 7.40. The third kappa shape index (κ3) is 2.68. The first-order valence-corrected chi connectivity index (χ1v) is 6.68. The number of imidazole rings is 1. The average Bonchev–Trinajstić information content (AvgIpc) is 2.55. The highest BCUT2D eigenvalue weighted by atomic mass is 35.5. The van der Waals surface area contributed by atoms with E-state index in [0.29, 0.717) is 29.4 Å². The summed E-state index contributed by atoms with van der Waals surface area (Å²) < 4.78 is 15.4. The van der Waals surface area contributed by atoms with E-state index in [4.69, 9.17) is 17.3 Å². The van der Waals surface area contributed by atoms with Gasteiger partial charge in [-0.2, -0.15) is 0 Å². The lowest BCUT2D eigenvalue weighted by molar-refractivity contribution is 0.236. The fraction of sp³-hybridized carbons (Fsp3) is 0.500. The van der Waals surface area contributed by atoms with Crippen molar-refractivity contribution in [1.29, 1.82) is 0 Å². The normalized spacial score (nSPS) is 14.0. The zero-order valence-corrected chi connectivity index (χ0v) is 12.4. The second kappa shape index (κ2) is 4.67. The zero-order valence-electron chi connectivity index (χ0n) is 11.7. The molecular formula is C14H19ClFN3. The summed E-state index contributed by atoms with van der Waals surface area (Å²) in [7, 11) is 0. The molecule has 1 aromatic heterocycles. The van der Waals surface area contributed by atoms with Crippen LogP contribution in [0.1, 0.15) is 27.7 Å². The van der Waals surface area contributed by atoms with Gasteiger partial charge in [-0.1, -0.05) is 39.3 Å². The lowest BCUT2D eigenvalue weighted by Crippen LogP contribution is -2.23. The fourth-order valence-corrected chi connectivity index (χ4v) is 2.04. The number of anilines is 1. The summed E-state index contributed by atoms with van der Waals surface area (Å²) in [5.74, 6) is 0.331. The van der Waals surface area contributed by atoms with Crippen LogP contribution in [0.2, 0.25) is 5.02 Å². The molecule has 1 heterocycles. The van der Waals surface area contributed by atoms with Crippen molar-refractivity contribution < 1.29 is 4.39 Å². The Morgan fingerprint density at radius 2 is 2.05 bits per heavy atom. The number of halogens is 2. The predicted octanol–water partition coefficient (Wildman–Crippen LogP) is 4.09. The van der Waals surface area contributed by atoms with E-state index in [9.17, 15) is 4.39 Å². The van der Waals surface area contributed by atoms with E-state index in [1.807, 2.05) is 4.57 Å². The lowest BCUT2D eigenvalue weighted by atomic mass is 9.82. The maximum Gasteiger partial charge on any atom is 0.201 e. The Hall–Kier alpha value is -1.29. The summed E-state index contributed by atoms with van der Waals surface area (Å²) in [4.78, 5) is 4.24. The molecule has 0 radical (unpaired) electrons. The quantitative estimate of drug-likeness (QED) is 0.902.